The van der Waals surface area contributed by atoms with Crippen molar-refractivity contribution in [3.8, 4) is 0 Å². The van der Waals surface area contributed by atoms with Crippen molar-refractivity contribution < 1.29 is 9.53 Å². The molecule has 0 aromatic heterocycles. The summed E-state index contributed by atoms with van der Waals surface area (Å²) in [7, 11) is 0. The SMILES string of the molecule is CC(=O)OC(C)/C=C/C=C/C=C\Cl. The number of allylic oxidation sites excluding steroid dienone is 4. The third-order valence-electron chi connectivity index (χ3n) is 1.14. The highest BCUT2D eigenvalue weighted by Crippen LogP contribution is 1.93. The fraction of sp³-hybridized carbons (Fsp3) is 0.300. The molecule has 0 saturated carbocycles. The molecular formula is C10H13ClO2. The Labute approximate surface area is 83.5 Å². The van der Waals surface area contributed by atoms with Gasteiger partial charge < -0.3 is 4.74 Å². The van der Waals surface area contributed by atoms with E-state index in [2.05, 4.69) is 0 Å². The minimum absolute atomic E-state index is 0.192. The number of hydrogen-bond donors (Lipinski definition) is 0. The summed E-state index contributed by atoms with van der Waals surface area (Å²) >= 11 is 5.29. The van der Waals surface area contributed by atoms with Gasteiger partial charge in [0, 0.05) is 12.5 Å². The van der Waals surface area contributed by atoms with Crippen molar-refractivity contribution in [2.75, 3.05) is 0 Å². The van der Waals surface area contributed by atoms with Gasteiger partial charge in [-0.25, -0.2) is 0 Å². The largest absolute Gasteiger partial charge is 0.459 e. The molecule has 0 N–H and O–H groups in total. The molecule has 0 aliphatic carbocycles. The van der Waals surface area contributed by atoms with Crippen LogP contribution >= 0.6 is 11.6 Å². The van der Waals surface area contributed by atoms with E-state index < -0.39 is 0 Å². The molecule has 0 aliphatic heterocycles. The van der Waals surface area contributed by atoms with Crippen LogP contribution in [0.25, 0.3) is 0 Å². The molecule has 0 rings (SSSR count). The molecule has 0 amide bonds. The van der Waals surface area contributed by atoms with Crippen molar-refractivity contribution >= 4 is 17.6 Å². The Morgan fingerprint density at radius 3 is 2.46 bits per heavy atom. The van der Waals surface area contributed by atoms with Gasteiger partial charge in [-0.15, -0.1) is 0 Å². The van der Waals surface area contributed by atoms with Crippen LogP contribution in [0.1, 0.15) is 13.8 Å². The van der Waals surface area contributed by atoms with Crippen LogP contribution in [0.2, 0.25) is 0 Å². The van der Waals surface area contributed by atoms with Crippen molar-refractivity contribution in [3.63, 3.8) is 0 Å². The Balaban J connectivity index is 3.77. The summed E-state index contributed by atoms with van der Waals surface area (Å²) in [5, 5.41) is 0. The van der Waals surface area contributed by atoms with Gasteiger partial charge in [-0.1, -0.05) is 35.9 Å². The van der Waals surface area contributed by atoms with E-state index in [0.717, 1.165) is 0 Å². The fourth-order valence-electron chi connectivity index (χ4n) is 0.692. The van der Waals surface area contributed by atoms with Crippen LogP contribution < -0.4 is 0 Å². The fourth-order valence-corrected chi connectivity index (χ4v) is 0.776. The number of esters is 1. The van der Waals surface area contributed by atoms with E-state index >= 15 is 0 Å². The monoisotopic (exact) mass is 200 g/mol. The van der Waals surface area contributed by atoms with Crippen LogP contribution in [-0.2, 0) is 9.53 Å². The van der Waals surface area contributed by atoms with E-state index in [1.54, 1.807) is 37.3 Å². The Morgan fingerprint density at radius 2 is 1.92 bits per heavy atom. The zero-order chi connectivity index (χ0) is 10.1. The van der Waals surface area contributed by atoms with Gasteiger partial charge in [0.05, 0.1) is 0 Å². The summed E-state index contributed by atoms with van der Waals surface area (Å²) in [6.45, 7) is 3.18. The first kappa shape index (κ1) is 12.0. The molecule has 0 heterocycles. The summed E-state index contributed by atoms with van der Waals surface area (Å²) in [5.41, 5.74) is 1.42. The zero-order valence-corrected chi connectivity index (χ0v) is 8.49. The van der Waals surface area contributed by atoms with E-state index in [1.807, 2.05) is 0 Å². The molecule has 0 aromatic carbocycles. The third-order valence-corrected chi connectivity index (χ3v) is 1.29. The highest BCUT2D eigenvalue weighted by molar-refractivity contribution is 6.25. The standard InChI is InChI=1S/C10H13ClO2/c1-9(13-10(2)12)7-5-3-4-6-8-11/h3-9H,1-2H3/b4-3+,7-5+,8-6-. The van der Waals surface area contributed by atoms with Gasteiger partial charge in [0.25, 0.3) is 0 Å². The van der Waals surface area contributed by atoms with Crippen LogP contribution in [0.4, 0.5) is 0 Å². The van der Waals surface area contributed by atoms with Crippen molar-refractivity contribution in [1.82, 2.24) is 0 Å². The van der Waals surface area contributed by atoms with Gasteiger partial charge in [-0.05, 0) is 13.0 Å². The van der Waals surface area contributed by atoms with E-state index in [4.69, 9.17) is 16.3 Å². The van der Waals surface area contributed by atoms with Gasteiger partial charge >= 0.3 is 5.97 Å². The molecular weight excluding hydrogens is 188 g/mol. The van der Waals surface area contributed by atoms with Gasteiger partial charge in [0.15, 0.2) is 0 Å². The molecule has 2 nitrogen and oxygen atoms in total. The molecule has 72 valence electrons. The van der Waals surface area contributed by atoms with Gasteiger partial charge in [-0.3, -0.25) is 4.79 Å². The predicted octanol–water partition coefficient (Wildman–Crippen LogP) is 2.80. The summed E-state index contributed by atoms with van der Waals surface area (Å²) in [6.07, 6.45) is 8.66. The topological polar surface area (TPSA) is 26.3 Å². The van der Waals surface area contributed by atoms with E-state index in [-0.39, 0.29) is 12.1 Å². The average molecular weight is 201 g/mol. The Bertz CT molecular complexity index is 229. The number of carbonyl (C=O) groups is 1. The maximum absolute atomic E-state index is 10.5. The van der Waals surface area contributed by atoms with Crippen molar-refractivity contribution in [3.05, 3.63) is 35.9 Å². The Morgan fingerprint density at radius 1 is 1.31 bits per heavy atom. The molecule has 0 aromatic rings. The van der Waals surface area contributed by atoms with Crippen LogP contribution in [0.5, 0.6) is 0 Å². The summed E-state index contributed by atoms with van der Waals surface area (Å²) in [6, 6.07) is 0. The van der Waals surface area contributed by atoms with Crippen molar-refractivity contribution in [2.45, 2.75) is 20.0 Å². The maximum Gasteiger partial charge on any atom is 0.303 e. The number of ether oxygens (including phenoxy) is 1. The molecule has 0 radical (unpaired) electrons. The first-order chi connectivity index (χ1) is 6.16. The van der Waals surface area contributed by atoms with E-state index in [1.165, 1.54) is 12.5 Å². The normalized spacial score (nSPS) is 14.4. The first-order valence-electron chi connectivity index (χ1n) is 3.94. The summed E-state index contributed by atoms with van der Waals surface area (Å²) in [5.74, 6) is -0.276. The second-order valence-electron chi connectivity index (χ2n) is 2.40. The molecule has 0 bridgehead atoms. The lowest BCUT2D eigenvalue weighted by Gasteiger charge is -2.04. The second kappa shape index (κ2) is 7.62. The molecule has 13 heavy (non-hydrogen) atoms. The molecule has 0 aliphatic rings. The van der Waals surface area contributed by atoms with Crippen LogP contribution in [0, 0.1) is 0 Å². The van der Waals surface area contributed by atoms with Gasteiger partial charge in [-0.2, -0.15) is 0 Å². The molecule has 0 saturated heterocycles. The van der Waals surface area contributed by atoms with Gasteiger partial charge in [0.1, 0.15) is 6.10 Å². The summed E-state index contributed by atoms with van der Waals surface area (Å²) in [4.78, 5) is 10.5. The third kappa shape index (κ3) is 8.89. The average Bonchev–Trinajstić information content (AvgIpc) is 2.02. The number of hydrogen-bond acceptors (Lipinski definition) is 2. The zero-order valence-electron chi connectivity index (χ0n) is 7.74. The number of rotatable bonds is 4. The molecule has 1 unspecified atom stereocenters. The number of carbonyl (C=O) groups excluding carboxylic acids is 1. The van der Waals surface area contributed by atoms with Crippen molar-refractivity contribution in [1.29, 1.82) is 0 Å². The quantitative estimate of drug-likeness (QED) is 0.515. The van der Waals surface area contributed by atoms with E-state index in [9.17, 15) is 4.79 Å². The molecule has 3 heteroatoms. The Hall–Kier alpha value is -1.02. The predicted molar refractivity (Wildman–Crippen MR) is 54.5 cm³/mol. The van der Waals surface area contributed by atoms with Gasteiger partial charge in [0.2, 0.25) is 0 Å². The maximum atomic E-state index is 10.5. The summed E-state index contributed by atoms with van der Waals surface area (Å²) < 4.78 is 4.85. The minimum Gasteiger partial charge on any atom is -0.459 e. The smallest absolute Gasteiger partial charge is 0.303 e. The van der Waals surface area contributed by atoms with Crippen molar-refractivity contribution in [2.24, 2.45) is 0 Å². The highest BCUT2D eigenvalue weighted by Gasteiger charge is 1.97. The van der Waals surface area contributed by atoms with Crippen LogP contribution in [0.15, 0.2) is 35.9 Å². The minimum atomic E-state index is -0.276. The van der Waals surface area contributed by atoms with Crippen LogP contribution in [0.3, 0.4) is 0 Å². The molecule has 0 spiro atoms. The lowest BCUT2D eigenvalue weighted by atomic mass is 10.3. The molecule has 1 atom stereocenters. The van der Waals surface area contributed by atoms with Crippen LogP contribution in [-0.4, -0.2) is 12.1 Å². The lowest BCUT2D eigenvalue weighted by molar-refractivity contribution is -0.143. The number of halogens is 1. The first-order valence-corrected chi connectivity index (χ1v) is 4.38. The Kier molecular flexibility index (Phi) is 7.02. The van der Waals surface area contributed by atoms with E-state index in [0.29, 0.717) is 0 Å². The lowest BCUT2D eigenvalue weighted by Crippen LogP contribution is -2.08. The highest BCUT2D eigenvalue weighted by atomic mass is 35.5. The molecule has 0 fully saturated rings. The second-order valence-corrected chi connectivity index (χ2v) is 2.65.